The van der Waals surface area contributed by atoms with Gasteiger partial charge in [-0.15, -0.1) is 0 Å². The fraction of sp³-hybridized carbons (Fsp3) is 0.533. The van der Waals surface area contributed by atoms with Crippen molar-refractivity contribution in [2.24, 2.45) is 0 Å². The van der Waals surface area contributed by atoms with E-state index in [-0.39, 0.29) is 17.6 Å². The number of halogens is 3. The van der Waals surface area contributed by atoms with Crippen molar-refractivity contribution < 1.29 is 13.6 Å². The summed E-state index contributed by atoms with van der Waals surface area (Å²) in [4.78, 5) is 13.7. The number of rotatable bonds is 6. The third-order valence-electron chi connectivity index (χ3n) is 3.31. The smallest absolute Gasteiger partial charge is 0.227 e. The van der Waals surface area contributed by atoms with Crippen LogP contribution in [0.3, 0.4) is 0 Å². The van der Waals surface area contributed by atoms with Crippen molar-refractivity contribution in [2.45, 2.75) is 52.5 Å². The van der Waals surface area contributed by atoms with Crippen LogP contribution in [-0.4, -0.2) is 11.9 Å². The lowest BCUT2D eigenvalue weighted by atomic mass is 10.1. The lowest BCUT2D eigenvalue weighted by molar-refractivity contribution is -0.119. The number of hydrogen-bond donors (Lipinski definition) is 0. The van der Waals surface area contributed by atoms with Crippen LogP contribution in [0.2, 0.25) is 5.02 Å². The van der Waals surface area contributed by atoms with Gasteiger partial charge in [0.15, 0.2) is 5.82 Å². The van der Waals surface area contributed by atoms with Gasteiger partial charge >= 0.3 is 0 Å². The first kappa shape index (κ1) is 16.9. The first-order valence-corrected chi connectivity index (χ1v) is 7.31. The number of hydrogen-bond acceptors (Lipinski definition) is 1. The van der Waals surface area contributed by atoms with Gasteiger partial charge < -0.3 is 4.90 Å². The standard InChI is InChI=1S/C15H20ClF2NO/c1-4-7-13(20)19(10(5-2)6-3)12-9-8-11(17)14(16)15(12)18/h8-10H,4-7H2,1-3H3. The molecule has 0 unspecified atom stereocenters. The van der Waals surface area contributed by atoms with Crippen LogP contribution in [0.4, 0.5) is 14.5 Å². The maximum absolute atomic E-state index is 14.2. The highest BCUT2D eigenvalue weighted by Gasteiger charge is 2.26. The fourth-order valence-electron chi connectivity index (χ4n) is 2.22. The molecule has 5 heteroatoms. The third-order valence-corrected chi connectivity index (χ3v) is 3.66. The predicted molar refractivity (Wildman–Crippen MR) is 78.1 cm³/mol. The average molecular weight is 304 g/mol. The van der Waals surface area contributed by atoms with E-state index in [2.05, 4.69) is 0 Å². The quantitative estimate of drug-likeness (QED) is 0.682. The summed E-state index contributed by atoms with van der Waals surface area (Å²) in [6, 6.07) is 2.25. The summed E-state index contributed by atoms with van der Waals surface area (Å²) in [6.45, 7) is 5.75. The summed E-state index contributed by atoms with van der Waals surface area (Å²) >= 11 is 5.61. The Morgan fingerprint density at radius 1 is 1.25 bits per heavy atom. The van der Waals surface area contributed by atoms with E-state index < -0.39 is 16.7 Å². The van der Waals surface area contributed by atoms with Gasteiger partial charge in [0.2, 0.25) is 5.91 Å². The van der Waals surface area contributed by atoms with Crippen LogP contribution in [-0.2, 0) is 4.79 Å². The van der Waals surface area contributed by atoms with Crippen molar-refractivity contribution in [3.05, 3.63) is 28.8 Å². The molecule has 0 aliphatic rings. The largest absolute Gasteiger partial charge is 0.307 e. The second-order valence-electron chi connectivity index (χ2n) is 4.68. The molecule has 112 valence electrons. The van der Waals surface area contributed by atoms with Crippen LogP contribution < -0.4 is 4.90 Å². The molecule has 0 aliphatic heterocycles. The van der Waals surface area contributed by atoms with Gasteiger partial charge in [0.1, 0.15) is 10.8 Å². The Hall–Kier alpha value is -1.16. The number of carbonyl (C=O) groups excluding carboxylic acids is 1. The molecule has 0 saturated carbocycles. The van der Waals surface area contributed by atoms with Crippen molar-refractivity contribution in [1.29, 1.82) is 0 Å². The Morgan fingerprint density at radius 3 is 2.35 bits per heavy atom. The normalized spacial score (nSPS) is 10.9. The lowest BCUT2D eigenvalue weighted by Crippen LogP contribution is -2.40. The summed E-state index contributed by atoms with van der Waals surface area (Å²) in [5.74, 6) is -1.86. The molecule has 0 N–H and O–H groups in total. The molecule has 0 heterocycles. The molecule has 0 saturated heterocycles. The van der Waals surface area contributed by atoms with E-state index >= 15 is 0 Å². The SMILES string of the molecule is CCCC(=O)N(c1ccc(F)c(Cl)c1F)C(CC)CC. The van der Waals surface area contributed by atoms with E-state index in [9.17, 15) is 13.6 Å². The Labute approximate surface area is 123 Å². The number of carbonyl (C=O) groups is 1. The monoisotopic (exact) mass is 303 g/mol. The number of amides is 1. The van der Waals surface area contributed by atoms with E-state index in [0.29, 0.717) is 25.7 Å². The van der Waals surface area contributed by atoms with Gasteiger partial charge in [0.25, 0.3) is 0 Å². The van der Waals surface area contributed by atoms with Gasteiger partial charge in [-0.1, -0.05) is 32.4 Å². The number of benzene rings is 1. The van der Waals surface area contributed by atoms with Crippen LogP contribution in [0.15, 0.2) is 12.1 Å². The molecule has 1 aromatic rings. The summed E-state index contributed by atoms with van der Waals surface area (Å²) in [5, 5.41) is -0.567. The zero-order valence-corrected chi connectivity index (χ0v) is 12.8. The van der Waals surface area contributed by atoms with Gasteiger partial charge in [-0.05, 0) is 31.4 Å². The maximum Gasteiger partial charge on any atom is 0.227 e. The zero-order chi connectivity index (χ0) is 15.3. The van der Waals surface area contributed by atoms with Gasteiger partial charge in [-0.25, -0.2) is 8.78 Å². The van der Waals surface area contributed by atoms with Crippen LogP contribution in [0, 0.1) is 11.6 Å². The van der Waals surface area contributed by atoms with Gasteiger partial charge in [-0.3, -0.25) is 4.79 Å². The highest BCUT2D eigenvalue weighted by Crippen LogP contribution is 2.31. The minimum absolute atomic E-state index is 0.0588. The molecule has 1 rings (SSSR count). The second-order valence-corrected chi connectivity index (χ2v) is 5.06. The summed E-state index contributed by atoms with van der Waals surface area (Å²) < 4.78 is 27.4. The molecule has 0 aliphatic carbocycles. The van der Waals surface area contributed by atoms with Gasteiger partial charge in [-0.2, -0.15) is 0 Å². The maximum atomic E-state index is 14.2. The van der Waals surface area contributed by atoms with Gasteiger partial charge in [0.05, 0.1) is 5.69 Å². The molecule has 20 heavy (non-hydrogen) atoms. The minimum Gasteiger partial charge on any atom is -0.307 e. The zero-order valence-electron chi connectivity index (χ0n) is 12.0. The van der Waals surface area contributed by atoms with Crippen LogP contribution >= 0.6 is 11.6 Å². The Bertz CT molecular complexity index is 475. The molecule has 0 radical (unpaired) electrons. The van der Waals surface area contributed by atoms with E-state index in [1.54, 1.807) is 0 Å². The highest BCUT2D eigenvalue weighted by molar-refractivity contribution is 6.31. The molecular weight excluding hydrogens is 284 g/mol. The van der Waals surface area contributed by atoms with Crippen molar-refractivity contribution >= 4 is 23.2 Å². The minimum atomic E-state index is -0.872. The Morgan fingerprint density at radius 2 is 1.85 bits per heavy atom. The highest BCUT2D eigenvalue weighted by atomic mass is 35.5. The molecule has 0 atom stereocenters. The van der Waals surface area contributed by atoms with Crippen molar-refractivity contribution in [3.63, 3.8) is 0 Å². The molecular formula is C15H20ClF2NO. The number of nitrogens with zero attached hydrogens (tertiary/aromatic N) is 1. The van der Waals surface area contributed by atoms with E-state index in [1.165, 1.54) is 11.0 Å². The summed E-state index contributed by atoms with van der Waals surface area (Å²) in [7, 11) is 0. The fourth-order valence-corrected chi connectivity index (χ4v) is 2.38. The first-order chi connectivity index (χ1) is 9.47. The van der Waals surface area contributed by atoms with E-state index in [0.717, 1.165) is 6.07 Å². The molecule has 0 fully saturated rings. The molecule has 1 amide bonds. The van der Waals surface area contributed by atoms with E-state index in [4.69, 9.17) is 11.6 Å². The van der Waals surface area contributed by atoms with Crippen LogP contribution in [0.25, 0.3) is 0 Å². The Kier molecular flexibility index (Phi) is 6.40. The van der Waals surface area contributed by atoms with Crippen molar-refractivity contribution in [3.8, 4) is 0 Å². The average Bonchev–Trinajstić information content (AvgIpc) is 2.43. The second kappa shape index (κ2) is 7.58. The number of anilines is 1. The Balaban J connectivity index is 3.30. The van der Waals surface area contributed by atoms with E-state index in [1.807, 2.05) is 20.8 Å². The summed E-state index contributed by atoms with van der Waals surface area (Å²) in [6.07, 6.45) is 2.39. The van der Waals surface area contributed by atoms with Crippen molar-refractivity contribution in [1.82, 2.24) is 0 Å². The topological polar surface area (TPSA) is 20.3 Å². The predicted octanol–water partition coefficient (Wildman–Crippen LogP) is 4.94. The van der Waals surface area contributed by atoms with Crippen LogP contribution in [0.1, 0.15) is 46.5 Å². The van der Waals surface area contributed by atoms with Crippen molar-refractivity contribution in [2.75, 3.05) is 4.90 Å². The molecule has 0 spiro atoms. The third kappa shape index (κ3) is 3.48. The summed E-state index contributed by atoms with van der Waals surface area (Å²) in [5.41, 5.74) is 0.0588. The molecule has 2 nitrogen and oxygen atoms in total. The van der Waals surface area contributed by atoms with Gasteiger partial charge in [0, 0.05) is 12.5 Å². The molecule has 0 bridgehead atoms. The first-order valence-electron chi connectivity index (χ1n) is 6.93. The van der Waals surface area contributed by atoms with Crippen LogP contribution in [0.5, 0.6) is 0 Å². The lowest BCUT2D eigenvalue weighted by Gasteiger charge is -2.31. The molecule has 0 aromatic heterocycles. The molecule has 1 aromatic carbocycles.